The summed E-state index contributed by atoms with van der Waals surface area (Å²) in [6.07, 6.45) is 2.42. The summed E-state index contributed by atoms with van der Waals surface area (Å²) in [5, 5.41) is 4.55. The van der Waals surface area contributed by atoms with Gasteiger partial charge >= 0.3 is 0 Å². The number of halogens is 1. The maximum atomic E-state index is 4.77. The Bertz CT molecular complexity index is 498. The van der Waals surface area contributed by atoms with Crippen LogP contribution in [0.5, 0.6) is 0 Å². The molecule has 1 heterocycles. The first-order chi connectivity index (χ1) is 9.49. The average molecular weight is 355 g/mol. The lowest BCUT2D eigenvalue weighted by atomic mass is 9.84. The molecular formula is C16H23BrN2S. The molecule has 1 aromatic carbocycles. The summed E-state index contributed by atoms with van der Waals surface area (Å²) >= 11 is 5.50. The van der Waals surface area contributed by atoms with Crippen LogP contribution in [0.2, 0.25) is 0 Å². The highest BCUT2D eigenvalue weighted by Crippen LogP contribution is 2.36. The van der Waals surface area contributed by atoms with Gasteiger partial charge in [0.2, 0.25) is 0 Å². The largest absolute Gasteiger partial charge is 0.334 e. The monoisotopic (exact) mass is 354 g/mol. The van der Waals surface area contributed by atoms with E-state index in [0.717, 1.165) is 27.6 Å². The van der Waals surface area contributed by atoms with E-state index in [4.69, 9.17) is 4.99 Å². The summed E-state index contributed by atoms with van der Waals surface area (Å²) in [5.74, 6) is 1.16. The summed E-state index contributed by atoms with van der Waals surface area (Å²) in [6, 6.07) is 4.34. The van der Waals surface area contributed by atoms with E-state index < -0.39 is 0 Å². The van der Waals surface area contributed by atoms with E-state index in [2.05, 4.69) is 61.1 Å². The molecule has 0 amide bonds. The van der Waals surface area contributed by atoms with Crippen LogP contribution in [0, 0.1) is 19.3 Å². The Labute approximate surface area is 135 Å². The van der Waals surface area contributed by atoms with Crippen molar-refractivity contribution in [3.63, 3.8) is 0 Å². The van der Waals surface area contributed by atoms with Crippen LogP contribution in [0.3, 0.4) is 0 Å². The third-order valence-corrected chi connectivity index (χ3v) is 6.12. The molecule has 2 rings (SSSR count). The molecule has 0 saturated heterocycles. The first kappa shape index (κ1) is 15.9. The highest BCUT2D eigenvalue weighted by Gasteiger charge is 2.30. The number of nitrogens with zero attached hydrogens (tertiary/aromatic N) is 1. The molecule has 2 nitrogen and oxygen atoms in total. The SMILES string of the molecule is CCC1(CC)CN=C(Nc2c(C)cc(C)cc2Br)SC1. The van der Waals surface area contributed by atoms with Crippen LogP contribution in [0.4, 0.5) is 5.69 Å². The molecule has 0 fully saturated rings. The fraction of sp³-hybridized carbons (Fsp3) is 0.562. The fourth-order valence-electron chi connectivity index (χ4n) is 2.49. The average Bonchev–Trinajstić information content (AvgIpc) is 2.43. The summed E-state index contributed by atoms with van der Waals surface area (Å²) in [5.41, 5.74) is 4.06. The second-order valence-electron chi connectivity index (χ2n) is 5.68. The maximum Gasteiger partial charge on any atom is 0.161 e. The topological polar surface area (TPSA) is 24.4 Å². The predicted octanol–water partition coefficient (Wildman–Crippen LogP) is 5.39. The van der Waals surface area contributed by atoms with Gasteiger partial charge in [-0.3, -0.25) is 4.99 Å². The predicted molar refractivity (Wildman–Crippen MR) is 95.0 cm³/mol. The molecule has 0 spiro atoms. The molecule has 4 heteroatoms. The number of hydrogen-bond donors (Lipinski definition) is 1. The molecule has 110 valence electrons. The summed E-state index contributed by atoms with van der Waals surface area (Å²) in [4.78, 5) is 4.77. The molecule has 0 bridgehead atoms. The molecule has 20 heavy (non-hydrogen) atoms. The van der Waals surface area contributed by atoms with E-state index in [0.29, 0.717) is 5.41 Å². The second-order valence-corrected chi connectivity index (χ2v) is 7.50. The van der Waals surface area contributed by atoms with Gasteiger partial charge in [-0.2, -0.15) is 0 Å². The van der Waals surface area contributed by atoms with Crippen LogP contribution in [-0.4, -0.2) is 17.5 Å². The lowest BCUT2D eigenvalue weighted by Crippen LogP contribution is -2.32. The van der Waals surface area contributed by atoms with Gasteiger partial charge in [0.15, 0.2) is 5.17 Å². The standard InChI is InChI=1S/C16H23BrN2S/c1-5-16(6-2)9-18-15(20-10-16)19-14-12(4)7-11(3)8-13(14)17/h7-8H,5-6,9-10H2,1-4H3,(H,18,19). The van der Waals surface area contributed by atoms with Gasteiger partial charge in [-0.25, -0.2) is 0 Å². The zero-order valence-corrected chi connectivity index (χ0v) is 15.1. The first-order valence-corrected chi connectivity index (χ1v) is 8.98. The zero-order chi connectivity index (χ0) is 14.8. The van der Waals surface area contributed by atoms with E-state index in [1.165, 1.54) is 24.0 Å². The Morgan fingerprint density at radius 2 is 2.00 bits per heavy atom. The third-order valence-electron chi connectivity index (χ3n) is 4.24. The Morgan fingerprint density at radius 1 is 1.30 bits per heavy atom. The van der Waals surface area contributed by atoms with Crippen molar-refractivity contribution >= 4 is 38.5 Å². The number of rotatable bonds is 3. The highest BCUT2D eigenvalue weighted by molar-refractivity contribution is 9.10. The molecule has 1 aliphatic heterocycles. The summed E-state index contributed by atoms with van der Waals surface area (Å²) < 4.78 is 1.11. The van der Waals surface area contributed by atoms with Crippen LogP contribution >= 0.6 is 27.7 Å². The van der Waals surface area contributed by atoms with E-state index in [1.807, 2.05) is 11.8 Å². The molecule has 1 aromatic rings. The van der Waals surface area contributed by atoms with Crippen molar-refractivity contribution in [1.82, 2.24) is 0 Å². The van der Waals surface area contributed by atoms with Gasteiger partial charge in [0.05, 0.1) is 5.69 Å². The minimum Gasteiger partial charge on any atom is -0.334 e. The van der Waals surface area contributed by atoms with Crippen LogP contribution in [0.25, 0.3) is 0 Å². The molecule has 0 aromatic heterocycles. The van der Waals surface area contributed by atoms with Gasteiger partial charge in [0.1, 0.15) is 0 Å². The van der Waals surface area contributed by atoms with Crippen molar-refractivity contribution in [3.8, 4) is 0 Å². The Hall–Kier alpha value is -0.480. The van der Waals surface area contributed by atoms with Gasteiger partial charge in [-0.1, -0.05) is 31.7 Å². The van der Waals surface area contributed by atoms with Gasteiger partial charge in [0, 0.05) is 16.8 Å². The van der Waals surface area contributed by atoms with Gasteiger partial charge in [0.25, 0.3) is 0 Å². The summed E-state index contributed by atoms with van der Waals surface area (Å²) in [7, 11) is 0. The van der Waals surface area contributed by atoms with Crippen LogP contribution < -0.4 is 5.32 Å². The third kappa shape index (κ3) is 3.40. The molecule has 0 saturated carbocycles. The number of nitrogens with one attached hydrogen (secondary N) is 1. The van der Waals surface area contributed by atoms with E-state index in [-0.39, 0.29) is 0 Å². The zero-order valence-electron chi connectivity index (χ0n) is 12.7. The first-order valence-electron chi connectivity index (χ1n) is 7.20. The van der Waals surface area contributed by atoms with E-state index in [1.54, 1.807) is 0 Å². The van der Waals surface area contributed by atoms with Crippen molar-refractivity contribution in [2.45, 2.75) is 40.5 Å². The highest BCUT2D eigenvalue weighted by atomic mass is 79.9. The molecule has 1 aliphatic rings. The smallest absolute Gasteiger partial charge is 0.161 e. The minimum absolute atomic E-state index is 0.398. The van der Waals surface area contributed by atoms with Crippen molar-refractivity contribution < 1.29 is 0 Å². The van der Waals surface area contributed by atoms with Crippen molar-refractivity contribution in [2.24, 2.45) is 10.4 Å². The normalized spacial score (nSPS) is 17.8. The van der Waals surface area contributed by atoms with Crippen molar-refractivity contribution in [1.29, 1.82) is 0 Å². The Balaban J connectivity index is 2.15. The summed E-state index contributed by atoms with van der Waals surface area (Å²) in [6.45, 7) is 9.75. The van der Waals surface area contributed by atoms with E-state index in [9.17, 15) is 0 Å². The number of benzene rings is 1. The number of amidine groups is 1. The van der Waals surface area contributed by atoms with Crippen LogP contribution in [0.1, 0.15) is 37.8 Å². The number of hydrogen-bond acceptors (Lipinski definition) is 3. The minimum atomic E-state index is 0.398. The lowest BCUT2D eigenvalue weighted by Gasteiger charge is -2.33. The van der Waals surface area contributed by atoms with E-state index >= 15 is 0 Å². The molecule has 0 atom stereocenters. The quantitative estimate of drug-likeness (QED) is 0.786. The number of anilines is 1. The molecule has 0 aliphatic carbocycles. The lowest BCUT2D eigenvalue weighted by molar-refractivity contribution is 0.318. The van der Waals surface area contributed by atoms with Gasteiger partial charge in [-0.05, 0) is 65.2 Å². The van der Waals surface area contributed by atoms with Gasteiger partial charge in [-0.15, -0.1) is 0 Å². The van der Waals surface area contributed by atoms with Gasteiger partial charge < -0.3 is 5.32 Å². The molecular weight excluding hydrogens is 332 g/mol. The number of aryl methyl sites for hydroxylation is 2. The number of thioether (sulfide) groups is 1. The molecule has 0 radical (unpaired) electrons. The van der Waals surface area contributed by atoms with Crippen molar-refractivity contribution in [3.05, 3.63) is 27.7 Å². The second kappa shape index (κ2) is 6.52. The molecule has 0 unspecified atom stereocenters. The number of aliphatic imine (C=N–C) groups is 1. The fourth-order valence-corrected chi connectivity index (χ4v) is 4.53. The van der Waals surface area contributed by atoms with Crippen LogP contribution in [-0.2, 0) is 0 Å². The maximum absolute atomic E-state index is 4.77. The Morgan fingerprint density at radius 3 is 2.50 bits per heavy atom. The Kier molecular flexibility index (Phi) is 5.19. The van der Waals surface area contributed by atoms with Crippen LogP contribution in [0.15, 0.2) is 21.6 Å². The molecule has 1 N–H and O–H groups in total. The van der Waals surface area contributed by atoms with Crippen molar-refractivity contribution in [2.75, 3.05) is 17.6 Å².